The summed E-state index contributed by atoms with van der Waals surface area (Å²) in [5, 5.41) is 12.4. The van der Waals surface area contributed by atoms with Crippen LogP contribution in [0.3, 0.4) is 0 Å². The van der Waals surface area contributed by atoms with E-state index in [0.717, 1.165) is 69.3 Å². The Morgan fingerprint density at radius 3 is 1.97 bits per heavy atom. The van der Waals surface area contributed by atoms with Crippen molar-refractivity contribution in [1.82, 2.24) is 25.3 Å². The summed E-state index contributed by atoms with van der Waals surface area (Å²) in [5.74, 6) is 2.54. The highest BCUT2D eigenvalue weighted by Gasteiger charge is 2.12. The Morgan fingerprint density at radius 2 is 1.35 bits per heavy atom. The van der Waals surface area contributed by atoms with E-state index >= 15 is 0 Å². The number of benzene rings is 3. The van der Waals surface area contributed by atoms with Gasteiger partial charge in [-0.3, -0.25) is 4.99 Å². The molecule has 1 aliphatic heterocycles. The van der Waals surface area contributed by atoms with E-state index in [0.29, 0.717) is 5.56 Å². The zero-order valence-corrected chi connectivity index (χ0v) is 16.5. The molecule has 7 nitrogen and oxygen atoms in total. The number of imidazole rings is 2. The van der Waals surface area contributed by atoms with Gasteiger partial charge < -0.3 is 15.3 Å². The van der Waals surface area contributed by atoms with E-state index in [1.165, 1.54) is 0 Å². The lowest BCUT2D eigenvalue weighted by atomic mass is 10.1. The highest BCUT2D eigenvalue weighted by molar-refractivity contribution is 6.02. The van der Waals surface area contributed by atoms with Crippen LogP contribution in [-0.2, 0) is 0 Å². The van der Waals surface area contributed by atoms with Crippen molar-refractivity contribution in [1.29, 1.82) is 5.26 Å². The third-order valence-electron chi connectivity index (χ3n) is 5.47. The number of nitrogens with zero attached hydrogens (tertiary/aromatic N) is 4. The first-order valence-corrected chi connectivity index (χ1v) is 10.1. The number of fused-ring (bicyclic) bond motifs is 2. The smallest absolute Gasteiger partial charge is 0.138 e. The van der Waals surface area contributed by atoms with Crippen LogP contribution in [0.25, 0.3) is 44.8 Å². The second-order valence-corrected chi connectivity index (χ2v) is 7.48. The number of nitriles is 1. The predicted molar refractivity (Wildman–Crippen MR) is 121 cm³/mol. The van der Waals surface area contributed by atoms with Gasteiger partial charge >= 0.3 is 0 Å². The van der Waals surface area contributed by atoms with E-state index < -0.39 is 0 Å². The first-order valence-electron chi connectivity index (χ1n) is 10.1. The fourth-order valence-corrected chi connectivity index (χ4v) is 3.89. The second-order valence-electron chi connectivity index (χ2n) is 7.48. The fraction of sp³-hybridized carbons (Fsp3) is 0.0833. The number of hydrogen-bond donors (Lipinski definition) is 3. The third kappa shape index (κ3) is 3.02. The number of aliphatic imine (C=N–C) groups is 1. The topological polar surface area (TPSA) is 106 Å². The van der Waals surface area contributed by atoms with Crippen molar-refractivity contribution in [3.8, 4) is 28.8 Å². The summed E-state index contributed by atoms with van der Waals surface area (Å²) in [4.78, 5) is 20.6. The normalized spacial score (nSPS) is 13.3. The highest BCUT2D eigenvalue weighted by atomic mass is 15.1. The number of aromatic amines is 2. The van der Waals surface area contributed by atoms with Crippen molar-refractivity contribution < 1.29 is 0 Å². The van der Waals surface area contributed by atoms with Crippen molar-refractivity contribution >= 4 is 27.9 Å². The van der Waals surface area contributed by atoms with Gasteiger partial charge in [0.05, 0.1) is 40.2 Å². The van der Waals surface area contributed by atoms with Crippen molar-refractivity contribution in [3.05, 3.63) is 71.8 Å². The molecule has 148 valence electrons. The molecule has 5 aromatic rings. The van der Waals surface area contributed by atoms with Gasteiger partial charge in [0, 0.05) is 23.2 Å². The summed E-state index contributed by atoms with van der Waals surface area (Å²) in [5.41, 5.74) is 7.26. The molecule has 0 saturated heterocycles. The maximum atomic E-state index is 9.08. The van der Waals surface area contributed by atoms with Gasteiger partial charge in [-0.2, -0.15) is 5.26 Å². The molecule has 0 radical (unpaired) electrons. The van der Waals surface area contributed by atoms with Crippen LogP contribution < -0.4 is 5.32 Å². The van der Waals surface area contributed by atoms with Crippen molar-refractivity contribution in [2.24, 2.45) is 4.99 Å². The molecule has 3 aromatic carbocycles. The first kappa shape index (κ1) is 17.4. The van der Waals surface area contributed by atoms with Crippen molar-refractivity contribution in [2.45, 2.75) is 0 Å². The summed E-state index contributed by atoms with van der Waals surface area (Å²) in [6, 6.07) is 21.9. The molecule has 0 fully saturated rings. The molecule has 6 rings (SSSR count). The molecule has 0 amide bonds. The average molecular weight is 403 g/mol. The van der Waals surface area contributed by atoms with E-state index in [9.17, 15) is 0 Å². The SMILES string of the molecule is N#Cc1ccc2nc(-c3ccc(-c4nc5ccc(C6=NCCN6)cc5[nH]4)cc3)[nH]c2c1. The summed E-state index contributed by atoms with van der Waals surface area (Å²) >= 11 is 0. The van der Waals surface area contributed by atoms with Crippen LogP contribution in [0.15, 0.2) is 65.7 Å². The molecule has 0 aliphatic carbocycles. The van der Waals surface area contributed by atoms with Crippen molar-refractivity contribution in [3.63, 3.8) is 0 Å². The lowest BCUT2D eigenvalue weighted by Gasteiger charge is -2.01. The quantitative estimate of drug-likeness (QED) is 0.423. The Morgan fingerprint density at radius 1 is 0.742 bits per heavy atom. The van der Waals surface area contributed by atoms with Crippen LogP contribution in [0.2, 0.25) is 0 Å². The maximum absolute atomic E-state index is 9.08. The van der Waals surface area contributed by atoms with Gasteiger partial charge in [0.25, 0.3) is 0 Å². The zero-order chi connectivity index (χ0) is 20.8. The van der Waals surface area contributed by atoms with Gasteiger partial charge in [0.15, 0.2) is 0 Å². The Kier molecular flexibility index (Phi) is 3.83. The van der Waals surface area contributed by atoms with E-state index in [1.807, 2.05) is 48.5 Å². The molecule has 7 heteroatoms. The molecular weight excluding hydrogens is 386 g/mol. The molecule has 0 unspecified atom stereocenters. The Labute approximate surface area is 177 Å². The highest BCUT2D eigenvalue weighted by Crippen LogP contribution is 2.26. The van der Waals surface area contributed by atoms with E-state index in [1.54, 1.807) is 6.07 Å². The van der Waals surface area contributed by atoms with Crippen LogP contribution in [-0.4, -0.2) is 38.9 Å². The monoisotopic (exact) mass is 403 g/mol. The molecule has 0 spiro atoms. The predicted octanol–water partition coefficient (Wildman–Crippen LogP) is 3.99. The Hall–Kier alpha value is -4.44. The van der Waals surface area contributed by atoms with Crippen LogP contribution in [0.4, 0.5) is 0 Å². The summed E-state index contributed by atoms with van der Waals surface area (Å²) in [6.07, 6.45) is 0. The van der Waals surface area contributed by atoms with Crippen LogP contribution in [0.5, 0.6) is 0 Å². The summed E-state index contributed by atoms with van der Waals surface area (Å²) in [7, 11) is 0. The third-order valence-corrected chi connectivity index (χ3v) is 5.47. The molecule has 0 saturated carbocycles. The Balaban J connectivity index is 1.32. The summed E-state index contributed by atoms with van der Waals surface area (Å²) < 4.78 is 0. The number of rotatable bonds is 3. The Bertz CT molecular complexity index is 1510. The number of hydrogen-bond acceptors (Lipinski definition) is 5. The van der Waals surface area contributed by atoms with E-state index in [4.69, 9.17) is 10.2 Å². The van der Waals surface area contributed by atoms with Gasteiger partial charge in [-0.25, -0.2) is 9.97 Å². The number of nitrogens with one attached hydrogen (secondary N) is 3. The van der Waals surface area contributed by atoms with Gasteiger partial charge in [-0.1, -0.05) is 24.3 Å². The van der Waals surface area contributed by atoms with Gasteiger partial charge in [0.2, 0.25) is 0 Å². The van der Waals surface area contributed by atoms with Gasteiger partial charge in [0.1, 0.15) is 17.5 Å². The van der Waals surface area contributed by atoms with E-state index in [2.05, 4.69) is 37.4 Å². The maximum Gasteiger partial charge on any atom is 0.138 e. The number of amidine groups is 1. The zero-order valence-electron chi connectivity index (χ0n) is 16.5. The largest absolute Gasteiger partial charge is 0.368 e. The molecule has 0 atom stereocenters. The molecular formula is C24H17N7. The molecule has 3 N–H and O–H groups in total. The second kappa shape index (κ2) is 6.82. The minimum Gasteiger partial charge on any atom is -0.368 e. The standard InChI is InChI=1S/C24H17N7/c25-13-14-1-7-18-20(11-14)30-23(28-18)15-2-4-16(5-3-15)24-29-19-8-6-17(12-21(19)31-24)22-26-9-10-27-22/h1-8,11-12H,9-10H2,(H,26,27)(H,28,30)(H,29,31). The molecule has 1 aliphatic rings. The molecule has 2 aromatic heterocycles. The molecule has 3 heterocycles. The van der Waals surface area contributed by atoms with Crippen molar-refractivity contribution in [2.75, 3.05) is 13.1 Å². The van der Waals surface area contributed by atoms with Crippen LogP contribution in [0, 0.1) is 11.3 Å². The van der Waals surface area contributed by atoms with E-state index in [-0.39, 0.29) is 0 Å². The number of aromatic nitrogens is 4. The lowest BCUT2D eigenvalue weighted by molar-refractivity contribution is 0.960. The minimum atomic E-state index is 0.613. The minimum absolute atomic E-state index is 0.613. The fourth-order valence-electron chi connectivity index (χ4n) is 3.89. The number of H-pyrrole nitrogens is 2. The van der Waals surface area contributed by atoms with Gasteiger partial charge in [-0.15, -0.1) is 0 Å². The average Bonchev–Trinajstić information content (AvgIpc) is 3.57. The van der Waals surface area contributed by atoms with Crippen LogP contribution >= 0.6 is 0 Å². The molecule has 31 heavy (non-hydrogen) atoms. The van der Waals surface area contributed by atoms with Crippen LogP contribution in [0.1, 0.15) is 11.1 Å². The molecule has 0 bridgehead atoms. The lowest BCUT2D eigenvalue weighted by Crippen LogP contribution is -2.19. The van der Waals surface area contributed by atoms with Gasteiger partial charge in [-0.05, 0) is 36.4 Å². The summed E-state index contributed by atoms with van der Waals surface area (Å²) in [6.45, 7) is 1.71. The first-order chi connectivity index (χ1) is 15.3.